The van der Waals surface area contributed by atoms with Gasteiger partial charge >= 0.3 is 0 Å². The molecule has 0 saturated heterocycles. The molecule has 3 rings (SSSR count). The van der Waals surface area contributed by atoms with Gasteiger partial charge in [-0.1, -0.05) is 12.1 Å². The lowest BCUT2D eigenvalue weighted by Crippen LogP contribution is -2.36. The number of ether oxygens (including phenoxy) is 3. The van der Waals surface area contributed by atoms with Crippen LogP contribution in [0, 0.1) is 0 Å². The Morgan fingerprint density at radius 1 is 1.04 bits per heavy atom. The van der Waals surface area contributed by atoms with Crippen LogP contribution in [-0.4, -0.2) is 41.4 Å². The van der Waals surface area contributed by atoms with Gasteiger partial charge in [-0.2, -0.15) is 0 Å². The molecule has 0 aliphatic carbocycles. The van der Waals surface area contributed by atoms with Crippen LogP contribution < -0.4 is 14.2 Å². The first kappa shape index (κ1) is 15.9. The van der Waals surface area contributed by atoms with Crippen molar-refractivity contribution in [2.45, 2.75) is 12.2 Å². The van der Waals surface area contributed by atoms with E-state index < -0.39 is 23.7 Å². The number of ketones is 1. The molecule has 1 aliphatic heterocycles. The van der Waals surface area contributed by atoms with Gasteiger partial charge in [0.25, 0.3) is 0 Å². The Hall–Kier alpha value is -2.93. The number of hydrogen-bond acceptors (Lipinski definition) is 7. The smallest absolute Gasteiger partial charge is 0.204 e. The van der Waals surface area contributed by atoms with Gasteiger partial charge in [0.05, 0.1) is 14.2 Å². The predicted octanol–water partition coefficient (Wildman–Crippen LogP) is 1.79. The maximum atomic E-state index is 12.5. The molecule has 0 amide bonds. The van der Waals surface area contributed by atoms with E-state index in [-0.39, 0.29) is 22.8 Å². The number of rotatable bonds is 3. The first-order valence-corrected chi connectivity index (χ1v) is 7.13. The van der Waals surface area contributed by atoms with Crippen LogP contribution in [0.4, 0.5) is 0 Å². The van der Waals surface area contributed by atoms with Gasteiger partial charge in [0.2, 0.25) is 11.5 Å². The zero-order valence-electron chi connectivity index (χ0n) is 13.0. The summed E-state index contributed by atoms with van der Waals surface area (Å²) < 4.78 is 15.8. The molecule has 1 aliphatic rings. The third-order valence-electron chi connectivity index (χ3n) is 3.89. The monoisotopic (exact) mass is 332 g/mol. The van der Waals surface area contributed by atoms with Crippen molar-refractivity contribution in [2.24, 2.45) is 0 Å². The van der Waals surface area contributed by atoms with E-state index >= 15 is 0 Å². The molecule has 1 heterocycles. The lowest BCUT2D eigenvalue weighted by Gasteiger charge is -2.31. The molecular formula is C17H16O7. The van der Waals surface area contributed by atoms with Crippen LogP contribution >= 0.6 is 0 Å². The van der Waals surface area contributed by atoms with Crippen LogP contribution in [0.15, 0.2) is 30.3 Å². The van der Waals surface area contributed by atoms with E-state index in [2.05, 4.69) is 0 Å². The minimum atomic E-state index is -1.51. The Labute approximate surface area is 137 Å². The minimum absolute atomic E-state index is 0.0819. The van der Waals surface area contributed by atoms with Gasteiger partial charge in [-0.15, -0.1) is 0 Å². The summed E-state index contributed by atoms with van der Waals surface area (Å²) in [6.45, 7) is 0. The summed E-state index contributed by atoms with van der Waals surface area (Å²) in [6, 6.07) is 7.62. The number of carbonyl (C=O) groups excluding carboxylic acids is 1. The predicted molar refractivity (Wildman–Crippen MR) is 83.0 cm³/mol. The number of Topliss-reactive ketones (excluding diaryl/α,β-unsaturated/α-hetero) is 1. The van der Waals surface area contributed by atoms with Crippen molar-refractivity contribution in [2.75, 3.05) is 14.2 Å². The molecule has 126 valence electrons. The van der Waals surface area contributed by atoms with Crippen LogP contribution in [0.3, 0.4) is 0 Å². The maximum Gasteiger partial charge on any atom is 0.204 e. The van der Waals surface area contributed by atoms with Crippen molar-refractivity contribution < 1.29 is 34.3 Å². The number of phenolic OH excluding ortho intramolecular Hbond substituents is 2. The molecule has 0 spiro atoms. The Balaban J connectivity index is 2.10. The van der Waals surface area contributed by atoms with E-state index in [4.69, 9.17) is 14.2 Å². The van der Waals surface area contributed by atoms with Crippen LogP contribution in [-0.2, 0) is 0 Å². The molecular weight excluding hydrogens is 316 g/mol. The molecule has 2 aromatic rings. The molecule has 0 bridgehead atoms. The average molecular weight is 332 g/mol. The highest BCUT2D eigenvalue weighted by Gasteiger charge is 2.41. The lowest BCUT2D eigenvalue weighted by atomic mass is 9.92. The van der Waals surface area contributed by atoms with Crippen molar-refractivity contribution in [3.8, 4) is 28.7 Å². The third-order valence-corrected chi connectivity index (χ3v) is 3.89. The van der Waals surface area contributed by atoms with Gasteiger partial charge in [-0.25, -0.2) is 0 Å². The second-order valence-electron chi connectivity index (χ2n) is 5.27. The highest BCUT2D eigenvalue weighted by molar-refractivity contribution is 6.06. The Morgan fingerprint density at radius 2 is 1.71 bits per heavy atom. The number of aliphatic hydroxyl groups excluding tert-OH is 1. The average Bonchev–Trinajstić information content (AvgIpc) is 2.58. The van der Waals surface area contributed by atoms with E-state index in [1.807, 2.05) is 0 Å². The molecule has 3 N–H and O–H groups in total. The van der Waals surface area contributed by atoms with E-state index in [0.717, 1.165) is 6.07 Å². The van der Waals surface area contributed by atoms with E-state index in [9.17, 15) is 20.1 Å². The summed E-state index contributed by atoms with van der Waals surface area (Å²) in [4.78, 5) is 12.5. The molecule has 0 fully saturated rings. The zero-order chi connectivity index (χ0) is 17.4. The molecule has 24 heavy (non-hydrogen) atoms. The largest absolute Gasteiger partial charge is 0.507 e. The topological polar surface area (TPSA) is 105 Å². The normalized spacial score (nSPS) is 19.4. The van der Waals surface area contributed by atoms with Crippen LogP contribution in [0.25, 0.3) is 0 Å². The molecule has 0 unspecified atom stereocenters. The van der Waals surface area contributed by atoms with Crippen molar-refractivity contribution >= 4 is 5.78 Å². The molecule has 2 aromatic carbocycles. The number of fused-ring (bicyclic) bond motifs is 1. The van der Waals surface area contributed by atoms with Gasteiger partial charge < -0.3 is 29.5 Å². The summed E-state index contributed by atoms with van der Waals surface area (Å²) in [6.07, 6.45) is -2.52. The first-order chi connectivity index (χ1) is 11.5. The highest BCUT2D eigenvalue weighted by atomic mass is 16.5. The van der Waals surface area contributed by atoms with Crippen LogP contribution in [0.2, 0.25) is 0 Å². The fourth-order valence-corrected chi connectivity index (χ4v) is 2.68. The first-order valence-electron chi connectivity index (χ1n) is 7.13. The quantitative estimate of drug-likeness (QED) is 0.787. The van der Waals surface area contributed by atoms with Gasteiger partial charge in [-0.05, 0) is 17.7 Å². The van der Waals surface area contributed by atoms with Crippen molar-refractivity contribution in [3.05, 3.63) is 41.5 Å². The molecule has 7 nitrogen and oxygen atoms in total. The van der Waals surface area contributed by atoms with Gasteiger partial charge in [0, 0.05) is 6.07 Å². The summed E-state index contributed by atoms with van der Waals surface area (Å²) in [7, 11) is 2.82. The summed E-state index contributed by atoms with van der Waals surface area (Å²) in [5.41, 5.74) is 0.314. The Bertz CT molecular complexity index is 783. The standard InChI is InChI=1S/C17H16O7/c1-22-9-5-3-8(4-6-9)15-14(21)13(20)12-10(18)7-11(19)16(23-2)17(12)24-15/h3-7,14-15,18-19,21H,1-2H3/t14-,15-/m0/s1. The number of hydrogen-bond donors (Lipinski definition) is 3. The Kier molecular flexibility index (Phi) is 3.94. The van der Waals surface area contributed by atoms with Gasteiger partial charge in [0.15, 0.2) is 23.7 Å². The number of aromatic hydroxyl groups is 2. The number of phenols is 2. The molecule has 2 atom stereocenters. The van der Waals surface area contributed by atoms with E-state index in [1.165, 1.54) is 14.2 Å². The zero-order valence-corrected chi connectivity index (χ0v) is 13.0. The van der Waals surface area contributed by atoms with Crippen molar-refractivity contribution in [3.63, 3.8) is 0 Å². The summed E-state index contributed by atoms with van der Waals surface area (Å²) in [5.74, 6) is -1.14. The SMILES string of the molecule is COc1ccc([C@@H]2Oc3c(OC)c(O)cc(O)c3C(=O)[C@@H]2O)cc1. The number of methoxy groups -OCH3 is 2. The van der Waals surface area contributed by atoms with Crippen LogP contribution in [0.5, 0.6) is 28.7 Å². The molecule has 0 aromatic heterocycles. The Morgan fingerprint density at radius 3 is 2.29 bits per heavy atom. The molecule has 7 heteroatoms. The number of benzene rings is 2. The molecule has 0 saturated carbocycles. The summed E-state index contributed by atoms with van der Waals surface area (Å²) in [5, 5.41) is 30.1. The fourth-order valence-electron chi connectivity index (χ4n) is 2.68. The third kappa shape index (κ3) is 2.39. The fraction of sp³-hybridized carbons (Fsp3) is 0.235. The van der Waals surface area contributed by atoms with Gasteiger partial charge in [-0.3, -0.25) is 4.79 Å². The summed E-state index contributed by atoms with van der Waals surface area (Å²) >= 11 is 0. The second kappa shape index (κ2) is 5.93. The van der Waals surface area contributed by atoms with Crippen LogP contribution in [0.1, 0.15) is 22.0 Å². The molecule has 0 radical (unpaired) electrons. The second-order valence-corrected chi connectivity index (χ2v) is 5.27. The maximum absolute atomic E-state index is 12.5. The number of aliphatic hydroxyl groups is 1. The van der Waals surface area contributed by atoms with Crippen molar-refractivity contribution in [1.29, 1.82) is 0 Å². The van der Waals surface area contributed by atoms with Gasteiger partial charge in [0.1, 0.15) is 17.1 Å². The van der Waals surface area contributed by atoms with E-state index in [1.54, 1.807) is 24.3 Å². The highest BCUT2D eigenvalue weighted by Crippen LogP contribution is 2.49. The number of carbonyl (C=O) groups is 1. The minimum Gasteiger partial charge on any atom is -0.507 e. The lowest BCUT2D eigenvalue weighted by molar-refractivity contribution is 0.0198. The van der Waals surface area contributed by atoms with E-state index in [0.29, 0.717) is 11.3 Å². The van der Waals surface area contributed by atoms with Crippen molar-refractivity contribution in [1.82, 2.24) is 0 Å².